The summed E-state index contributed by atoms with van der Waals surface area (Å²) in [7, 11) is 0. The van der Waals surface area contributed by atoms with Gasteiger partial charge in [0.05, 0.1) is 0 Å². The van der Waals surface area contributed by atoms with E-state index in [0.717, 1.165) is 0 Å². The van der Waals surface area contributed by atoms with Crippen LogP contribution in [0.2, 0.25) is 0 Å². The lowest BCUT2D eigenvalue weighted by Crippen LogP contribution is -2.55. The van der Waals surface area contributed by atoms with Gasteiger partial charge in [0.15, 0.2) is 0 Å². The van der Waals surface area contributed by atoms with Crippen molar-refractivity contribution in [1.82, 2.24) is 0 Å². The first kappa shape index (κ1) is 16.6. The smallest absolute Gasteiger partial charge is 0.338 e. The lowest BCUT2D eigenvalue weighted by atomic mass is 9.94. The predicted molar refractivity (Wildman–Crippen MR) is 72.3 cm³/mol. The highest BCUT2D eigenvalue weighted by atomic mass is 16.5. The molecule has 0 saturated heterocycles. The molecule has 7 nitrogen and oxygen atoms in total. The van der Waals surface area contributed by atoms with Gasteiger partial charge in [0.1, 0.15) is 6.61 Å². The van der Waals surface area contributed by atoms with E-state index in [4.69, 9.17) is 20.7 Å². The predicted octanol–water partition coefficient (Wildman–Crippen LogP) is 0.767. The summed E-state index contributed by atoms with van der Waals surface area (Å²) in [5.41, 5.74) is 4.03. The lowest BCUT2D eigenvalue weighted by molar-refractivity contribution is -0.162. The average Bonchev–Trinajstić information content (AvgIpc) is 2.45. The number of carbonyl (C=O) groups is 3. The number of nitrogens with two attached hydrogens (primary N) is 1. The molecule has 1 aromatic carbocycles. The zero-order valence-electron chi connectivity index (χ0n) is 11.3. The molecule has 0 aromatic heterocycles. The van der Waals surface area contributed by atoms with Gasteiger partial charge in [-0.05, 0) is 18.4 Å². The fourth-order valence-electron chi connectivity index (χ4n) is 1.67. The van der Waals surface area contributed by atoms with E-state index in [1.807, 2.05) is 0 Å². The Morgan fingerprint density at radius 1 is 1.14 bits per heavy atom. The molecule has 0 amide bonds. The number of hydrogen-bond donors (Lipinski definition) is 3. The fourth-order valence-corrected chi connectivity index (χ4v) is 1.67. The van der Waals surface area contributed by atoms with Crippen LogP contribution >= 0.6 is 0 Å². The number of carbonyl (C=O) groups excluding carboxylic acids is 1. The van der Waals surface area contributed by atoms with Gasteiger partial charge in [-0.3, -0.25) is 4.79 Å². The maximum atomic E-state index is 11.9. The van der Waals surface area contributed by atoms with Crippen LogP contribution in [-0.2, 0) is 25.7 Å². The van der Waals surface area contributed by atoms with Gasteiger partial charge in [0.2, 0.25) is 5.54 Å². The zero-order valence-corrected chi connectivity index (χ0v) is 11.3. The van der Waals surface area contributed by atoms with Gasteiger partial charge in [-0.25, -0.2) is 9.59 Å². The molecule has 0 aliphatic carbocycles. The van der Waals surface area contributed by atoms with E-state index in [1.54, 1.807) is 30.3 Å². The summed E-state index contributed by atoms with van der Waals surface area (Å²) in [6.07, 6.45) is -0.598. The van der Waals surface area contributed by atoms with Crippen molar-refractivity contribution in [3.8, 4) is 0 Å². The summed E-state index contributed by atoms with van der Waals surface area (Å²) in [6, 6.07) is 8.74. The summed E-state index contributed by atoms with van der Waals surface area (Å²) in [5, 5.41) is 17.6. The number of rotatable bonds is 8. The molecule has 0 radical (unpaired) electrons. The van der Waals surface area contributed by atoms with Gasteiger partial charge in [0.25, 0.3) is 0 Å². The van der Waals surface area contributed by atoms with E-state index in [-0.39, 0.29) is 25.9 Å². The van der Waals surface area contributed by atoms with Crippen molar-refractivity contribution in [3.63, 3.8) is 0 Å². The third-order valence-electron chi connectivity index (χ3n) is 2.92. The van der Waals surface area contributed by atoms with Crippen LogP contribution in [0.5, 0.6) is 0 Å². The normalized spacial score (nSPS) is 13.2. The largest absolute Gasteiger partial charge is 0.481 e. The zero-order chi connectivity index (χ0) is 15.9. The van der Waals surface area contributed by atoms with Gasteiger partial charge in [0, 0.05) is 6.42 Å². The van der Waals surface area contributed by atoms with Crippen LogP contribution in [-0.4, -0.2) is 33.7 Å². The topological polar surface area (TPSA) is 127 Å². The summed E-state index contributed by atoms with van der Waals surface area (Å²) < 4.78 is 4.92. The minimum absolute atomic E-state index is 0.0292. The number of ether oxygens (including phenoxy) is 1. The molecule has 0 fully saturated rings. The summed E-state index contributed by atoms with van der Waals surface area (Å²) in [5.74, 6) is -3.70. The number of esters is 1. The molecule has 21 heavy (non-hydrogen) atoms. The first-order valence-electron chi connectivity index (χ1n) is 6.31. The molecule has 0 heterocycles. The Hall–Kier alpha value is -2.41. The van der Waals surface area contributed by atoms with Crippen LogP contribution in [0.4, 0.5) is 0 Å². The Balaban J connectivity index is 2.64. The maximum Gasteiger partial charge on any atom is 0.338 e. The van der Waals surface area contributed by atoms with Crippen molar-refractivity contribution in [3.05, 3.63) is 35.9 Å². The average molecular weight is 295 g/mol. The van der Waals surface area contributed by atoms with Crippen molar-refractivity contribution >= 4 is 17.9 Å². The quantitative estimate of drug-likeness (QED) is 0.477. The molecule has 0 aliphatic heterocycles. The fraction of sp³-hybridized carbons (Fsp3) is 0.357. The van der Waals surface area contributed by atoms with Crippen molar-refractivity contribution in [2.24, 2.45) is 5.73 Å². The Bertz CT molecular complexity index is 515. The SMILES string of the molecule is N[C@@](CCCC(=O)O)(C(=O)O)C(=O)OCc1ccccc1. The number of carboxylic acid groups (broad SMARTS) is 2. The molecule has 0 bridgehead atoms. The molecule has 1 aromatic rings. The van der Waals surface area contributed by atoms with E-state index in [1.165, 1.54) is 0 Å². The number of aliphatic carboxylic acids is 2. The highest BCUT2D eigenvalue weighted by molar-refractivity contribution is 6.03. The van der Waals surface area contributed by atoms with E-state index in [9.17, 15) is 14.4 Å². The minimum atomic E-state index is -2.23. The molecular weight excluding hydrogens is 278 g/mol. The molecule has 0 unspecified atom stereocenters. The highest BCUT2D eigenvalue weighted by Crippen LogP contribution is 2.15. The van der Waals surface area contributed by atoms with Gasteiger partial charge < -0.3 is 20.7 Å². The monoisotopic (exact) mass is 295 g/mol. The summed E-state index contributed by atoms with van der Waals surface area (Å²) in [4.78, 5) is 33.5. The molecule has 114 valence electrons. The van der Waals surface area contributed by atoms with Crippen LogP contribution in [0.3, 0.4) is 0 Å². The third-order valence-corrected chi connectivity index (χ3v) is 2.92. The molecule has 0 spiro atoms. The van der Waals surface area contributed by atoms with E-state index in [2.05, 4.69) is 0 Å². The van der Waals surface area contributed by atoms with Crippen molar-refractivity contribution in [2.75, 3.05) is 0 Å². The number of carboxylic acids is 2. The van der Waals surface area contributed by atoms with E-state index >= 15 is 0 Å². The van der Waals surface area contributed by atoms with Crippen LogP contribution in [0.1, 0.15) is 24.8 Å². The second kappa shape index (κ2) is 7.39. The molecule has 0 saturated carbocycles. The minimum Gasteiger partial charge on any atom is -0.481 e. The first-order valence-corrected chi connectivity index (χ1v) is 6.31. The Labute approximate surface area is 121 Å². The molecule has 1 atom stereocenters. The summed E-state index contributed by atoms with van der Waals surface area (Å²) in [6.45, 7) is -0.0924. The Morgan fingerprint density at radius 3 is 2.29 bits per heavy atom. The van der Waals surface area contributed by atoms with Crippen LogP contribution < -0.4 is 5.73 Å². The number of benzene rings is 1. The van der Waals surface area contributed by atoms with Crippen LogP contribution in [0.15, 0.2) is 30.3 Å². The first-order chi connectivity index (χ1) is 9.86. The number of hydrogen-bond acceptors (Lipinski definition) is 5. The standard InChI is InChI=1S/C14H17NO6/c15-14(12(18)19,8-4-7-11(16)17)13(20)21-9-10-5-2-1-3-6-10/h1-3,5-6H,4,7-9,15H2,(H,16,17)(H,18,19)/t14-/m0/s1. The maximum absolute atomic E-state index is 11.9. The van der Waals surface area contributed by atoms with Gasteiger partial charge in [-0.1, -0.05) is 30.3 Å². The van der Waals surface area contributed by atoms with E-state index < -0.39 is 23.4 Å². The highest BCUT2D eigenvalue weighted by Gasteiger charge is 2.43. The van der Waals surface area contributed by atoms with Crippen LogP contribution in [0.25, 0.3) is 0 Å². The van der Waals surface area contributed by atoms with Crippen molar-refractivity contribution in [2.45, 2.75) is 31.4 Å². The van der Waals surface area contributed by atoms with Crippen molar-refractivity contribution < 1.29 is 29.3 Å². The molecule has 7 heteroatoms. The van der Waals surface area contributed by atoms with E-state index in [0.29, 0.717) is 5.56 Å². The van der Waals surface area contributed by atoms with Gasteiger partial charge >= 0.3 is 17.9 Å². The molecule has 0 aliphatic rings. The van der Waals surface area contributed by atoms with Crippen LogP contribution in [0, 0.1) is 0 Å². The Morgan fingerprint density at radius 2 is 1.76 bits per heavy atom. The second-order valence-electron chi connectivity index (χ2n) is 4.59. The molecule has 4 N–H and O–H groups in total. The Kier molecular flexibility index (Phi) is 5.86. The lowest BCUT2D eigenvalue weighted by Gasteiger charge is -2.22. The second-order valence-corrected chi connectivity index (χ2v) is 4.59. The van der Waals surface area contributed by atoms with Crippen molar-refractivity contribution in [1.29, 1.82) is 0 Å². The van der Waals surface area contributed by atoms with Gasteiger partial charge in [-0.2, -0.15) is 0 Å². The summed E-state index contributed by atoms with van der Waals surface area (Å²) >= 11 is 0. The third kappa shape index (κ3) is 4.88. The van der Waals surface area contributed by atoms with Gasteiger partial charge in [-0.15, -0.1) is 0 Å². The molecular formula is C14H17NO6. The molecule has 1 rings (SSSR count).